The minimum Gasteiger partial charge on any atom is -0.378 e. The lowest BCUT2D eigenvalue weighted by Gasteiger charge is -2.27. The van der Waals surface area contributed by atoms with E-state index in [1.54, 1.807) is 24.4 Å². The van der Waals surface area contributed by atoms with Gasteiger partial charge in [0.2, 0.25) is 0 Å². The lowest BCUT2D eigenvalue weighted by atomic mass is 10.0. The highest BCUT2D eigenvalue weighted by Gasteiger charge is 2.17. The minimum atomic E-state index is -0.754. The van der Waals surface area contributed by atoms with Crippen molar-refractivity contribution in [3.05, 3.63) is 94.1 Å². The van der Waals surface area contributed by atoms with E-state index in [0.717, 1.165) is 18.2 Å². The van der Waals surface area contributed by atoms with Crippen LogP contribution in [0.15, 0.2) is 60.8 Å². The van der Waals surface area contributed by atoms with Gasteiger partial charge < -0.3 is 15.0 Å². The van der Waals surface area contributed by atoms with E-state index in [4.69, 9.17) is 16.3 Å². The first-order valence-corrected chi connectivity index (χ1v) is 11.5. The quantitative estimate of drug-likeness (QED) is 0.387. The summed E-state index contributed by atoms with van der Waals surface area (Å²) in [6.45, 7) is 2.59. The second-order valence-corrected chi connectivity index (χ2v) is 8.58. The van der Waals surface area contributed by atoms with Crippen LogP contribution in [-0.4, -0.2) is 48.0 Å². The Kier molecular flexibility index (Phi) is 6.58. The molecular weight excluding hydrogens is 490 g/mol. The van der Waals surface area contributed by atoms with Gasteiger partial charge in [-0.05, 0) is 54.6 Å². The number of benzene rings is 3. The van der Waals surface area contributed by atoms with Gasteiger partial charge in [0.1, 0.15) is 17.5 Å². The van der Waals surface area contributed by atoms with E-state index in [0.29, 0.717) is 48.7 Å². The zero-order valence-corrected chi connectivity index (χ0v) is 19.6. The fourth-order valence-corrected chi connectivity index (χ4v) is 4.01. The highest BCUT2D eigenvalue weighted by molar-refractivity contribution is 6.30. The SMILES string of the molecule is O=C(Nc1cc(F)cc(C(=O)c2ccc3ncc(N4CCOCC4)nc3c2)c1)c1ccc(Cl)c(F)c1. The van der Waals surface area contributed by atoms with Crippen LogP contribution in [0.5, 0.6) is 0 Å². The van der Waals surface area contributed by atoms with Gasteiger partial charge in [-0.1, -0.05) is 11.6 Å². The van der Waals surface area contributed by atoms with Gasteiger partial charge in [0.05, 0.1) is 35.5 Å². The Hall–Kier alpha value is -3.95. The zero-order valence-electron chi connectivity index (χ0n) is 18.8. The maximum absolute atomic E-state index is 14.4. The van der Waals surface area contributed by atoms with Gasteiger partial charge in [0.25, 0.3) is 5.91 Å². The molecule has 0 aliphatic carbocycles. The molecule has 1 aromatic heterocycles. The van der Waals surface area contributed by atoms with Crippen molar-refractivity contribution >= 4 is 45.8 Å². The Morgan fingerprint density at radius 1 is 0.917 bits per heavy atom. The molecular formula is C26H19ClF2N4O3. The molecule has 0 bridgehead atoms. The third-order valence-corrected chi connectivity index (χ3v) is 6.03. The lowest BCUT2D eigenvalue weighted by molar-refractivity contribution is 0.102. The molecule has 7 nitrogen and oxygen atoms in total. The molecule has 1 amide bonds. The first kappa shape index (κ1) is 23.8. The number of nitrogens with one attached hydrogen (secondary N) is 1. The maximum atomic E-state index is 14.4. The Bertz CT molecular complexity index is 1490. The number of hydrogen-bond acceptors (Lipinski definition) is 6. The van der Waals surface area contributed by atoms with Crippen molar-refractivity contribution in [1.82, 2.24) is 9.97 Å². The third-order valence-electron chi connectivity index (χ3n) is 5.73. The number of halogens is 3. The van der Waals surface area contributed by atoms with Crippen LogP contribution in [0.4, 0.5) is 20.3 Å². The van der Waals surface area contributed by atoms with Gasteiger partial charge in [0, 0.05) is 35.5 Å². The number of rotatable bonds is 5. The van der Waals surface area contributed by atoms with Gasteiger partial charge in [-0.25, -0.2) is 13.8 Å². The molecule has 10 heteroatoms. The third kappa shape index (κ3) is 5.02. The molecule has 4 aromatic rings. The van der Waals surface area contributed by atoms with Crippen LogP contribution in [0.2, 0.25) is 5.02 Å². The molecule has 3 aromatic carbocycles. The van der Waals surface area contributed by atoms with E-state index in [2.05, 4.69) is 20.2 Å². The van der Waals surface area contributed by atoms with E-state index >= 15 is 0 Å². The molecule has 1 saturated heterocycles. The lowest BCUT2D eigenvalue weighted by Crippen LogP contribution is -2.36. The number of ketones is 1. The topological polar surface area (TPSA) is 84.4 Å². The Labute approximate surface area is 209 Å². The van der Waals surface area contributed by atoms with Crippen LogP contribution in [0.25, 0.3) is 11.0 Å². The van der Waals surface area contributed by atoms with Gasteiger partial charge in [-0.2, -0.15) is 0 Å². The highest BCUT2D eigenvalue weighted by atomic mass is 35.5. The number of hydrogen-bond donors (Lipinski definition) is 1. The van der Waals surface area contributed by atoms with E-state index < -0.39 is 23.3 Å². The van der Waals surface area contributed by atoms with Gasteiger partial charge >= 0.3 is 0 Å². The summed E-state index contributed by atoms with van der Waals surface area (Å²) in [4.78, 5) is 36.8. The van der Waals surface area contributed by atoms with Gasteiger partial charge in [0.15, 0.2) is 5.78 Å². The molecule has 0 radical (unpaired) electrons. The summed E-state index contributed by atoms with van der Waals surface area (Å²) in [6.07, 6.45) is 1.68. The first-order chi connectivity index (χ1) is 17.4. The number of ether oxygens (including phenoxy) is 1. The maximum Gasteiger partial charge on any atom is 0.255 e. The number of aromatic nitrogens is 2. The molecule has 1 aliphatic heterocycles. The molecule has 0 unspecified atom stereocenters. The summed E-state index contributed by atoms with van der Waals surface area (Å²) in [5.41, 5.74) is 1.51. The van der Waals surface area contributed by atoms with E-state index in [1.165, 1.54) is 18.2 Å². The van der Waals surface area contributed by atoms with Crippen LogP contribution in [0.3, 0.4) is 0 Å². The van der Waals surface area contributed by atoms with Crippen LogP contribution in [0, 0.1) is 11.6 Å². The van der Waals surface area contributed by atoms with Crippen molar-refractivity contribution in [2.75, 3.05) is 36.5 Å². The zero-order chi connectivity index (χ0) is 25.2. The van der Waals surface area contributed by atoms with Crippen molar-refractivity contribution in [3.8, 4) is 0 Å². The molecule has 1 aliphatic rings. The molecule has 0 spiro atoms. The van der Waals surface area contributed by atoms with Crippen LogP contribution < -0.4 is 10.2 Å². The molecule has 36 heavy (non-hydrogen) atoms. The summed E-state index contributed by atoms with van der Waals surface area (Å²) >= 11 is 5.66. The number of nitrogens with zero attached hydrogens (tertiary/aromatic N) is 3. The van der Waals surface area contributed by atoms with Crippen molar-refractivity contribution < 1.29 is 23.1 Å². The number of carbonyl (C=O) groups is 2. The number of anilines is 2. The molecule has 0 saturated carbocycles. The second kappa shape index (κ2) is 9.96. The van der Waals surface area contributed by atoms with Crippen molar-refractivity contribution in [2.45, 2.75) is 0 Å². The van der Waals surface area contributed by atoms with Crippen LogP contribution in [-0.2, 0) is 4.74 Å². The van der Waals surface area contributed by atoms with Gasteiger partial charge in [-0.3, -0.25) is 14.6 Å². The van der Waals surface area contributed by atoms with Crippen LogP contribution in [0.1, 0.15) is 26.3 Å². The molecule has 0 atom stereocenters. The molecule has 1 N–H and O–H groups in total. The molecule has 2 heterocycles. The monoisotopic (exact) mass is 508 g/mol. The Morgan fingerprint density at radius 2 is 1.69 bits per heavy atom. The van der Waals surface area contributed by atoms with Crippen molar-refractivity contribution in [1.29, 1.82) is 0 Å². The largest absolute Gasteiger partial charge is 0.378 e. The Balaban J connectivity index is 1.41. The second-order valence-electron chi connectivity index (χ2n) is 8.17. The standard InChI is InChI=1S/C26H19ClF2N4O3/c27-20-3-1-16(11-21(20)29)26(35)31-19-10-17(9-18(28)13-19)25(34)15-2-4-22-23(12-15)32-24(14-30-22)33-5-7-36-8-6-33/h1-4,9-14H,5-8H2,(H,31,35). The fourth-order valence-electron chi connectivity index (χ4n) is 3.89. The van der Waals surface area contributed by atoms with Crippen molar-refractivity contribution in [2.24, 2.45) is 0 Å². The number of fused-ring (bicyclic) bond motifs is 1. The van der Waals surface area contributed by atoms with Crippen molar-refractivity contribution in [3.63, 3.8) is 0 Å². The molecule has 182 valence electrons. The number of morpholine rings is 1. The van der Waals surface area contributed by atoms with E-state index in [1.807, 2.05) is 0 Å². The number of carbonyl (C=O) groups excluding carboxylic acids is 2. The summed E-state index contributed by atoms with van der Waals surface area (Å²) < 4.78 is 33.4. The van der Waals surface area contributed by atoms with Gasteiger partial charge in [-0.15, -0.1) is 0 Å². The summed E-state index contributed by atoms with van der Waals surface area (Å²) in [5, 5.41) is 2.36. The summed E-state index contributed by atoms with van der Waals surface area (Å²) in [7, 11) is 0. The van der Waals surface area contributed by atoms with E-state index in [9.17, 15) is 18.4 Å². The molecule has 1 fully saturated rings. The minimum absolute atomic E-state index is 0.00165. The Morgan fingerprint density at radius 3 is 2.47 bits per heavy atom. The summed E-state index contributed by atoms with van der Waals surface area (Å²) in [5.74, 6) is -1.91. The van der Waals surface area contributed by atoms with E-state index in [-0.39, 0.29) is 21.8 Å². The molecule has 5 rings (SSSR count). The average Bonchev–Trinajstić information content (AvgIpc) is 2.89. The fraction of sp³-hybridized carbons (Fsp3) is 0.154. The highest BCUT2D eigenvalue weighted by Crippen LogP contribution is 2.23. The number of amides is 1. The predicted molar refractivity (Wildman–Crippen MR) is 132 cm³/mol. The average molecular weight is 509 g/mol. The smallest absolute Gasteiger partial charge is 0.255 e. The van der Waals surface area contributed by atoms with Crippen LogP contribution >= 0.6 is 11.6 Å². The normalized spacial score (nSPS) is 13.6. The first-order valence-electron chi connectivity index (χ1n) is 11.1. The predicted octanol–water partition coefficient (Wildman–Crippen LogP) is 4.88. The summed E-state index contributed by atoms with van der Waals surface area (Å²) in [6, 6.07) is 11.9.